The van der Waals surface area contributed by atoms with E-state index in [0.29, 0.717) is 15.9 Å². The van der Waals surface area contributed by atoms with Crippen molar-refractivity contribution in [1.82, 2.24) is 14.7 Å². The number of hydrogen-bond donors (Lipinski definition) is 2. The number of aromatic nitrogens is 3. The molecule has 24 heavy (non-hydrogen) atoms. The van der Waals surface area contributed by atoms with Crippen molar-refractivity contribution in [3.05, 3.63) is 70.6 Å². The molecule has 4 rings (SSSR count). The number of hydrogen-bond acceptors (Lipinski definition) is 6. The number of nitrogens with zero attached hydrogens (tertiary/aromatic N) is 3. The maximum atomic E-state index is 11.8. The number of anilines is 2. The molecule has 3 aromatic heterocycles. The SMILES string of the molecule is O=c1nc(Nc2ccc(-c3cccs3)cc2)c2cccnc2n1O. The average molecular weight is 336 g/mol. The van der Waals surface area contributed by atoms with E-state index in [1.54, 1.807) is 23.5 Å². The van der Waals surface area contributed by atoms with Gasteiger partial charge in [0.05, 0.1) is 5.39 Å². The van der Waals surface area contributed by atoms with Crippen LogP contribution in [0.1, 0.15) is 0 Å². The second-order valence-corrected chi connectivity index (χ2v) is 6.06. The van der Waals surface area contributed by atoms with Gasteiger partial charge in [0, 0.05) is 16.8 Å². The standard InChI is InChI=1S/C17H12N4O2S/c22-17-20-15(13-3-1-9-18-16(13)21(17)23)19-12-7-5-11(6-8-12)14-4-2-10-24-14/h1-10,23H,(H,19,20,22). The number of thiophene rings is 1. The Labute approximate surface area is 140 Å². The van der Waals surface area contributed by atoms with Gasteiger partial charge in [0.2, 0.25) is 0 Å². The number of nitrogens with one attached hydrogen (secondary N) is 1. The molecular formula is C17H12N4O2S. The van der Waals surface area contributed by atoms with Gasteiger partial charge in [-0.25, -0.2) is 9.78 Å². The van der Waals surface area contributed by atoms with Gasteiger partial charge in [0.15, 0.2) is 5.65 Å². The normalized spacial score (nSPS) is 10.8. The molecule has 0 radical (unpaired) electrons. The van der Waals surface area contributed by atoms with Crippen molar-refractivity contribution >= 4 is 33.9 Å². The highest BCUT2D eigenvalue weighted by Crippen LogP contribution is 2.27. The molecule has 0 bridgehead atoms. The maximum Gasteiger partial charge on any atom is 0.384 e. The van der Waals surface area contributed by atoms with E-state index in [1.165, 1.54) is 11.1 Å². The summed E-state index contributed by atoms with van der Waals surface area (Å²) >= 11 is 1.68. The van der Waals surface area contributed by atoms with Crippen LogP contribution in [-0.2, 0) is 0 Å². The lowest BCUT2D eigenvalue weighted by Gasteiger charge is -2.09. The zero-order valence-corrected chi connectivity index (χ0v) is 13.2. The predicted octanol–water partition coefficient (Wildman–Crippen LogP) is 3.50. The molecule has 0 fully saturated rings. The Morgan fingerprint density at radius 2 is 1.92 bits per heavy atom. The first kappa shape index (κ1) is 14.4. The monoisotopic (exact) mass is 336 g/mol. The Balaban J connectivity index is 1.72. The van der Waals surface area contributed by atoms with Gasteiger partial charge < -0.3 is 10.5 Å². The van der Waals surface area contributed by atoms with Crippen molar-refractivity contribution in [2.24, 2.45) is 0 Å². The van der Waals surface area contributed by atoms with Crippen LogP contribution in [0.3, 0.4) is 0 Å². The van der Waals surface area contributed by atoms with Gasteiger partial charge in [-0.15, -0.1) is 16.1 Å². The van der Waals surface area contributed by atoms with Crippen molar-refractivity contribution in [2.45, 2.75) is 0 Å². The molecule has 0 saturated heterocycles. The van der Waals surface area contributed by atoms with E-state index in [-0.39, 0.29) is 5.65 Å². The highest BCUT2D eigenvalue weighted by Gasteiger charge is 2.10. The quantitative estimate of drug-likeness (QED) is 0.560. The molecule has 118 valence electrons. The van der Waals surface area contributed by atoms with Crippen LogP contribution in [0.2, 0.25) is 0 Å². The molecule has 0 unspecified atom stereocenters. The molecule has 0 aliphatic rings. The molecule has 2 N–H and O–H groups in total. The van der Waals surface area contributed by atoms with Crippen LogP contribution in [0.5, 0.6) is 0 Å². The fraction of sp³-hybridized carbons (Fsp3) is 0. The molecule has 0 atom stereocenters. The summed E-state index contributed by atoms with van der Waals surface area (Å²) in [6.45, 7) is 0. The molecule has 6 nitrogen and oxygen atoms in total. The minimum atomic E-state index is -0.779. The summed E-state index contributed by atoms with van der Waals surface area (Å²) in [4.78, 5) is 20.9. The van der Waals surface area contributed by atoms with Gasteiger partial charge in [0.1, 0.15) is 5.82 Å². The first-order chi connectivity index (χ1) is 11.7. The van der Waals surface area contributed by atoms with E-state index >= 15 is 0 Å². The molecule has 0 spiro atoms. The van der Waals surface area contributed by atoms with Crippen LogP contribution in [-0.4, -0.2) is 19.9 Å². The second kappa shape index (κ2) is 5.78. The summed E-state index contributed by atoms with van der Waals surface area (Å²) in [5, 5.41) is 15.5. The lowest BCUT2D eigenvalue weighted by Crippen LogP contribution is -2.23. The largest absolute Gasteiger partial charge is 0.422 e. The summed E-state index contributed by atoms with van der Waals surface area (Å²) in [6, 6.07) is 15.4. The minimum Gasteiger partial charge on any atom is -0.422 e. The Kier molecular flexibility index (Phi) is 3.47. The van der Waals surface area contributed by atoms with Crippen molar-refractivity contribution in [3.8, 4) is 10.4 Å². The number of pyridine rings is 1. The van der Waals surface area contributed by atoms with Gasteiger partial charge >= 0.3 is 5.69 Å². The van der Waals surface area contributed by atoms with Gasteiger partial charge in [0.25, 0.3) is 0 Å². The van der Waals surface area contributed by atoms with Crippen LogP contribution in [0.4, 0.5) is 11.5 Å². The summed E-state index contributed by atoms with van der Waals surface area (Å²) in [5.74, 6) is 0.359. The Bertz CT molecular complexity index is 1060. The first-order valence-corrected chi connectivity index (χ1v) is 8.08. The zero-order valence-electron chi connectivity index (χ0n) is 12.4. The highest BCUT2D eigenvalue weighted by atomic mass is 32.1. The highest BCUT2D eigenvalue weighted by molar-refractivity contribution is 7.13. The molecule has 0 aliphatic carbocycles. The van der Waals surface area contributed by atoms with Crippen LogP contribution in [0.15, 0.2) is 64.9 Å². The van der Waals surface area contributed by atoms with Gasteiger partial charge in [-0.3, -0.25) is 0 Å². The summed E-state index contributed by atoms with van der Waals surface area (Å²) in [5.41, 5.74) is 1.30. The van der Waals surface area contributed by atoms with Crippen LogP contribution in [0.25, 0.3) is 21.5 Å². The minimum absolute atomic E-state index is 0.162. The zero-order chi connectivity index (χ0) is 16.5. The number of rotatable bonds is 3. The topological polar surface area (TPSA) is 80.0 Å². The Morgan fingerprint density at radius 1 is 1.08 bits per heavy atom. The molecule has 0 saturated carbocycles. The van der Waals surface area contributed by atoms with Crippen molar-refractivity contribution in [2.75, 3.05) is 5.32 Å². The molecule has 3 heterocycles. The van der Waals surface area contributed by atoms with Gasteiger partial charge in [-0.05, 0) is 41.3 Å². The second-order valence-electron chi connectivity index (χ2n) is 5.11. The van der Waals surface area contributed by atoms with Crippen LogP contribution < -0.4 is 11.0 Å². The van der Waals surface area contributed by atoms with Crippen LogP contribution >= 0.6 is 11.3 Å². The van der Waals surface area contributed by atoms with E-state index in [1.807, 2.05) is 35.7 Å². The number of fused-ring (bicyclic) bond motifs is 1. The van der Waals surface area contributed by atoms with Crippen molar-refractivity contribution < 1.29 is 5.21 Å². The van der Waals surface area contributed by atoms with E-state index in [0.717, 1.165) is 11.3 Å². The molecular weight excluding hydrogens is 324 g/mol. The fourth-order valence-corrected chi connectivity index (χ4v) is 3.17. The fourth-order valence-electron chi connectivity index (χ4n) is 2.44. The van der Waals surface area contributed by atoms with Gasteiger partial charge in [-0.2, -0.15) is 4.98 Å². The third-order valence-electron chi connectivity index (χ3n) is 3.58. The maximum absolute atomic E-state index is 11.8. The Hall–Kier alpha value is -3.19. The van der Waals surface area contributed by atoms with Gasteiger partial charge in [-0.1, -0.05) is 18.2 Å². The molecule has 1 aromatic carbocycles. The first-order valence-electron chi connectivity index (χ1n) is 7.20. The lowest BCUT2D eigenvalue weighted by atomic mass is 10.1. The Morgan fingerprint density at radius 3 is 2.67 bits per heavy atom. The van der Waals surface area contributed by atoms with Crippen molar-refractivity contribution in [1.29, 1.82) is 0 Å². The molecule has 4 aromatic rings. The van der Waals surface area contributed by atoms with Crippen molar-refractivity contribution in [3.63, 3.8) is 0 Å². The van der Waals surface area contributed by atoms with E-state index < -0.39 is 5.69 Å². The third-order valence-corrected chi connectivity index (χ3v) is 4.50. The van der Waals surface area contributed by atoms with Crippen LogP contribution in [0, 0.1) is 0 Å². The average Bonchev–Trinajstić information content (AvgIpc) is 3.15. The van der Waals surface area contributed by atoms with E-state index in [2.05, 4.69) is 21.4 Å². The van der Waals surface area contributed by atoms with E-state index in [9.17, 15) is 10.0 Å². The molecule has 7 heteroatoms. The smallest absolute Gasteiger partial charge is 0.384 e. The third kappa shape index (κ3) is 2.50. The summed E-state index contributed by atoms with van der Waals surface area (Å²) < 4.78 is 0.445. The summed E-state index contributed by atoms with van der Waals surface area (Å²) in [7, 11) is 0. The lowest BCUT2D eigenvalue weighted by molar-refractivity contribution is 0.182. The summed E-state index contributed by atoms with van der Waals surface area (Å²) in [6.07, 6.45) is 1.51. The van der Waals surface area contributed by atoms with E-state index in [4.69, 9.17) is 0 Å². The predicted molar refractivity (Wildman–Crippen MR) is 94.0 cm³/mol. The molecule has 0 amide bonds. The molecule has 0 aliphatic heterocycles. The number of benzene rings is 1.